The second kappa shape index (κ2) is 8.69. The zero-order valence-corrected chi connectivity index (χ0v) is 20.2. The first kappa shape index (κ1) is 20.7. The molecule has 0 fully saturated rings. The quantitative estimate of drug-likeness (QED) is 0.492. The van der Waals surface area contributed by atoms with Gasteiger partial charge in [-0.3, -0.25) is 0 Å². The van der Waals surface area contributed by atoms with Crippen LogP contribution in [0.3, 0.4) is 0 Å². The summed E-state index contributed by atoms with van der Waals surface area (Å²) in [4.78, 5) is 17.4. The molecule has 1 N–H and O–H groups in total. The van der Waals surface area contributed by atoms with Gasteiger partial charge in [0.2, 0.25) is 0 Å². The van der Waals surface area contributed by atoms with E-state index in [2.05, 4.69) is 46.9 Å². The van der Waals surface area contributed by atoms with Crippen LogP contribution < -0.4 is 10.1 Å². The predicted molar refractivity (Wildman–Crippen MR) is 114 cm³/mol. The van der Waals surface area contributed by atoms with Crippen LogP contribution in [0.5, 0.6) is 5.75 Å². The number of amides is 1. The molecule has 6 heteroatoms. The average Bonchev–Trinajstić information content (AvgIpc) is 3.27. The number of carbonyl (C=O) groups excluding carboxylic acids is 1. The number of aryl methyl sites for hydroxylation is 1. The van der Waals surface area contributed by atoms with Crippen LogP contribution in [-0.4, -0.2) is 25.0 Å². The summed E-state index contributed by atoms with van der Waals surface area (Å²) in [7, 11) is 0. The summed E-state index contributed by atoms with van der Waals surface area (Å²) in [5.74, 6) is 1.70. The summed E-state index contributed by atoms with van der Waals surface area (Å²) in [5, 5.41) is 2.89. The third-order valence-corrected chi connectivity index (χ3v) is 6.32. The van der Waals surface area contributed by atoms with E-state index in [9.17, 15) is 4.79 Å². The molecule has 5 nitrogen and oxygen atoms in total. The molecule has 1 aromatic heterocycles. The first-order valence-corrected chi connectivity index (χ1v) is 11.6. The zero-order chi connectivity index (χ0) is 21.1. The Morgan fingerprint density at radius 3 is 2.93 bits per heavy atom. The maximum atomic E-state index is 12.9. The van der Waals surface area contributed by atoms with Crippen LogP contribution in [0.4, 0.5) is 0 Å². The fourth-order valence-corrected chi connectivity index (χ4v) is 4.71. The van der Waals surface area contributed by atoms with Crippen molar-refractivity contribution in [2.75, 3.05) is 0 Å². The van der Waals surface area contributed by atoms with E-state index in [0.717, 1.165) is 40.4 Å². The summed E-state index contributed by atoms with van der Waals surface area (Å²) >= 11 is 1.36. The second-order valence-corrected chi connectivity index (χ2v) is 9.70. The zero-order valence-electron chi connectivity index (χ0n) is 17.2. The van der Waals surface area contributed by atoms with E-state index in [-0.39, 0.29) is 11.5 Å². The Bertz CT molecular complexity index is 1080. The number of carbonyl (C=O) groups is 1. The Kier molecular flexibility index (Phi) is 6.01. The van der Waals surface area contributed by atoms with Gasteiger partial charge in [-0.15, -0.1) is 0 Å². The van der Waals surface area contributed by atoms with Crippen molar-refractivity contribution in [2.45, 2.75) is 45.3 Å². The molecule has 0 radical (unpaired) electrons. The Morgan fingerprint density at radius 1 is 1.20 bits per heavy atom. The Balaban J connectivity index is 1.65. The van der Waals surface area contributed by atoms with Crippen LogP contribution in [0.25, 0.3) is 0 Å². The van der Waals surface area contributed by atoms with Gasteiger partial charge in [0.15, 0.2) is 0 Å². The molecule has 0 saturated carbocycles. The fourth-order valence-electron chi connectivity index (χ4n) is 3.81. The number of aromatic nitrogens is 2. The number of hydrogen-bond donors (Lipinski definition) is 1. The molecule has 1 aromatic carbocycles. The van der Waals surface area contributed by atoms with Crippen LogP contribution in [0.15, 0.2) is 61.1 Å². The van der Waals surface area contributed by atoms with Gasteiger partial charge < -0.3 is 0 Å². The Labute approximate surface area is 187 Å². The summed E-state index contributed by atoms with van der Waals surface area (Å²) in [5.41, 5.74) is 2.63. The second-order valence-electron chi connectivity index (χ2n) is 8.12. The van der Waals surface area contributed by atoms with E-state index in [1.165, 1.54) is 24.9 Å². The molecule has 3 heterocycles. The van der Waals surface area contributed by atoms with Gasteiger partial charge in [-0.1, -0.05) is 0 Å². The van der Waals surface area contributed by atoms with Crippen LogP contribution in [0.2, 0.25) is 0 Å². The van der Waals surface area contributed by atoms with Crippen molar-refractivity contribution in [2.24, 2.45) is 0 Å². The van der Waals surface area contributed by atoms with Crippen molar-refractivity contribution in [1.82, 2.24) is 14.9 Å². The third-order valence-electron chi connectivity index (χ3n) is 5.18. The molecule has 2 aliphatic heterocycles. The van der Waals surface area contributed by atoms with E-state index in [0.29, 0.717) is 12.0 Å². The van der Waals surface area contributed by atoms with E-state index >= 15 is 0 Å². The molecule has 0 saturated heterocycles. The molecule has 154 valence electrons. The Hall–Kier alpha value is -2.52. The Morgan fingerprint density at radius 2 is 2.07 bits per heavy atom. The molecule has 0 bridgehead atoms. The number of fused-ring (bicyclic) bond motifs is 3. The number of nitrogens with zero attached hydrogens (tertiary/aromatic N) is 2. The van der Waals surface area contributed by atoms with Crippen molar-refractivity contribution in [1.29, 1.82) is 0 Å². The van der Waals surface area contributed by atoms with Gasteiger partial charge in [-0.2, -0.15) is 0 Å². The first-order valence-electron chi connectivity index (χ1n) is 10.1. The maximum absolute atomic E-state index is 12.9. The van der Waals surface area contributed by atoms with Gasteiger partial charge >= 0.3 is 174 Å². The van der Waals surface area contributed by atoms with Gasteiger partial charge in [-0.05, 0) is 13.8 Å². The summed E-state index contributed by atoms with van der Waals surface area (Å²) in [6.07, 6.45) is 18.2. The van der Waals surface area contributed by atoms with Gasteiger partial charge in [0.05, 0.1) is 0 Å². The van der Waals surface area contributed by atoms with Crippen LogP contribution >= 0.6 is 0 Å². The molecule has 0 aliphatic carbocycles. The van der Waals surface area contributed by atoms with Crippen LogP contribution in [0.1, 0.15) is 47.6 Å². The first-order chi connectivity index (χ1) is 14.4. The van der Waals surface area contributed by atoms with Crippen LogP contribution in [0, 0.1) is 0 Å². The van der Waals surface area contributed by atoms with Crippen molar-refractivity contribution in [3.63, 3.8) is 0 Å². The van der Waals surface area contributed by atoms with Gasteiger partial charge in [0, 0.05) is 0 Å². The topological polar surface area (TPSA) is 56.1 Å². The number of nitrogens with one attached hydrogen (secondary N) is 1. The number of benzene rings is 1. The van der Waals surface area contributed by atoms with Crippen molar-refractivity contribution >= 4 is 9.81 Å². The number of imidazole rings is 1. The van der Waals surface area contributed by atoms with E-state index in [4.69, 9.17) is 4.74 Å². The molecule has 2 aliphatic rings. The average molecular weight is 571 g/mol. The fraction of sp³-hybridized carbons (Fsp3) is 0.292. The summed E-state index contributed by atoms with van der Waals surface area (Å²) in [6.45, 7) is 5.04. The molecule has 2 aromatic rings. The number of hydrogen-bond acceptors (Lipinski definition) is 3. The molecule has 30 heavy (non-hydrogen) atoms. The molecule has 0 spiro atoms. The van der Waals surface area contributed by atoms with E-state index in [1.54, 1.807) is 6.20 Å². The van der Waals surface area contributed by atoms with Gasteiger partial charge in [0.1, 0.15) is 0 Å². The van der Waals surface area contributed by atoms with E-state index in [1.807, 2.05) is 36.7 Å². The predicted octanol–water partition coefficient (Wildman–Crippen LogP) is 3.67. The van der Waals surface area contributed by atoms with Gasteiger partial charge in [0.25, 0.3) is 0 Å². The van der Waals surface area contributed by atoms with E-state index < -0.39 is 0 Å². The minimum atomic E-state index is -0.233. The van der Waals surface area contributed by atoms with Crippen molar-refractivity contribution in [3.05, 3.63) is 83.6 Å². The van der Waals surface area contributed by atoms with Crippen molar-refractivity contribution < 1.29 is 28.9 Å². The minimum absolute atomic E-state index is 0.117. The number of ether oxygens (including phenoxy) is 1. The number of allylic oxidation sites excluding steroid dienone is 5. The molecule has 1 amide bonds. The number of rotatable bonds is 0. The van der Waals surface area contributed by atoms with Crippen molar-refractivity contribution in [3.8, 4) is 5.75 Å². The molecular weight excluding hydrogens is 546 g/mol. The summed E-state index contributed by atoms with van der Waals surface area (Å²) in [6, 6.07) is 4.03. The third kappa shape index (κ3) is 4.62. The van der Waals surface area contributed by atoms with Crippen LogP contribution in [-0.2, 0) is 38.7 Å². The molecule has 4 rings (SSSR count). The van der Waals surface area contributed by atoms with Gasteiger partial charge in [-0.25, -0.2) is 0 Å². The normalized spacial score (nSPS) is 18.3. The standard InChI is InChI=1S/C24H25N3O2.W/c1-24(2)17-19-15-18-9-5-4-8-13-27-14-12-25-22(27)10-6-3-7-11-26-23(28)20(18)16-21(19)29-24;/h3-7,11-12,14-16H,8-9,13,17H2,1-2H3,(H,26,28);. The SMILES string of the molecule is CC1(C)Cc2cc3c(cc2O1)C(=O)NC=CC=C[C](=[W])c1nccn1CCC=CC3. The summed E-state index contributed by atoms with van der Waals surface area (Å²) < 4.78 is 9.40. The molecule has 0 atom stereocenters. The molecular formula is C24H25N3O2W. The molecule has 0 unspecified atom stereocenters. The monoisotopic (exact) mass is 571 g/mol.